The van der Waals surface area contributed by atoms with Gasteiger partial charge in [-0.15, -0.1) is 0 Å². The van der Waals surface area contributed by atoms with Crippen LogP contribution in [0.1, 0.15) is 27.6 Å². The Morgan fingerprint density at radius 3 is 2.45 bits per heavy atom. The number of ether oxygens (including phenoxy) is 1. The van der Waals surface area contributed by atoms with Gasteiger partial charge in [-0.25, -0.2) is 0 Å². The van der Waals surface area contributed by atoms with Gasteiger partial charge >= 0.3 is 0 Å². The van der Waals surface area contributed by atoms with Gasteiger partial charge in [0.15, 0.2) is 12.2 Å². The average Bonchev–Trinajstić information content (AvgIpc) is 2.45. The summed E-state index contributed by atoms with van der Waals surface area (Å²) in [6.45, 7) is 1.68. The van der Waals surface area contributed by atoms with E-state index >= 15 is 0 Å². The molecule has 2 atom stereocenters. The van der Waals surface area contributed by atoms with Gasteiger partial charge in [0, 0.05) is 12.1 Å². The van der Waals surface area contributed by atoms with Crippen LogP contribution in [0.15, 0.2) is 30.3 Å². The highest BCUT2D eigenvalue weighted by atomic mass is 16.5. The number of rotatable bonds is 1. The van der Waals surface area contributed by atoms with E-state index in [9.17, 15) is 25.2 Å². The number of carbonyl (C=O) groups excluding carboxylic acids is 1. The van der Waals surface area contributed by atoms with Crippen molar-refractivity contribution in [3.8, 4) is 23.0 Å². The molecular weight excluding hydrogens is 288 g/mol. The largest absolute Gasteiger partial charge is 0.508 e. The van der Waals surface area contributed by atoms with Gasteiger partial charge in [-0.05, 0) is 30.2 Å². The Labute approximate surface area is 125 Å². The average molecular weight is 302 g/mol. The number of phenols is 3. The van der Waals surface area contributed by atoms with E-state index in [0.29, 0.717) is 11.1 Å². The number of aromatic hydroxyl groups is 3. The first-order valence-corrected chi connectivity index (χ1v) is 6.63. The molecule has 3 rings (SSSR count). The van der Waals surface area contributed by atoms with Crippen molar-refractivity contribution in [3.05, 3.63) is 47.0 Å². The van der Waals surface area contributed by atoms with E-state index in [4.69, 9.17) is 4.74 Å². The quantitative estimate of drug-likeness (QED) is 0.640. The number of fused-ring (bicyclic) bond motifs is 1. The highest BCUT2D eigenvalue weighted by molar-refractivity contribution is 6.05. The molecule has 2 unspecified atom stereocenters. The molecule has 0 aliphatic carbocycles. The van der Waals surface area contributed by atoms with E-state index in [-0.39, 0.29) is 22.8 Å². The summed E-state index contributed by atoms with van der Waals surface area (Å²) in [5.74, 6) is -1.28. The third-order valence-electron chi connectivity index (χ3n) is 3.67. The van der Waals surface area contributed by atoms with Crippen LogP contribution in [0.25, 0.3) is 0 Å². The topological polar surface area (TPSA) is 107 Å². The molecular formula is C16H14O6. The molecule has 22 heavy (non-hydrogen) atoms. The Balaban J connectivity index is 2.08. The van der Waals surface area contributed by atoms with Crippen LogP contribution in [0, 0.1) is 6.92 Å². The van der Waals surface area contributed by atoms with E-state index in [0.717, 1.165) is 6.07 Å². The van der Waals surface area contributed by atoms with Gasteiger partial charge in [-0.3, -0.25) is 4.79 Å². The lowest BCUT2D eigenvalue weighted by atomic mass is 9.92. The Bertz CT molecular complexity index is 767. The normalized spacial score (nSPS) is 20.4. The molecule has 0 radical (unpaired) electrons. The van der Waals surface area contributed by atoms with E-state index in [2.05, 4.69) is 0 Å². The molecule has 114 valence electrons. The number of aliphatic hydroxyl groups is 1. The van der Waals surface area contributed by atoms with Crippen LogP contribution in [-0.2, 0) is 0 Å². The molecule has 0 aromatic heterocycles. The smallest absolute Gasteiger partial charge is 0.202 e. The highest BCUT2D eigenvalue weighted by Gasteiger charge is 2.39. The molecule has 6 heteroatoms. The summed E-state index contributed by atoms with van der Waals surface area (Å²) in [7, 11) is 0. The third-order valence-corrected chi connectivity index (χ3v) is 3.67. The number of benzene rings is 2. The Morgan fingerprint density at radius 1 is 1.05 bits per heavy atom. The molecule has 2 aromatic carbocycles. The number of aryl methyl sites for hydroxylation is 1. The summed E-state index contributed by atoms with van der Waals surface area (Å²) in [4.78, 5) is 12.3. The first-order valence-electron chi connectivity index (χ1n) is 6.63. The number of phenolic OH excluding ortho intramolecular Hbond substituents is 3. The van der Waals surface area contributed by atoms with Crippen LogP contribution in [0.5, 0.6) is 23.0 Å². The van der Waals surface area contributed by atoms with Crippen LogP contribution in [0.2, 0.25) is 0 Å². The SMILES string of the molecule is Cc1cc(C2Oc3cc(O)cc(O)c3C(=O)C2O)ccc1O. The molecule has 1 aliphatic rings. The number of hydrogen-bond acceptors (Lipinski definition) is 6. The number of ketones is 1. The van der Waals surface area contributed by atoms with Gasteiger partial charge in [-0.1, -0.05) is 6.07 Å². The second-order valence-electron chi connectivity index (χ2n) is 5.23. The molecule has 0 spiro atoms. The fourth-order valence-corrected chi connectivity index (χ4v) is 2.52. The second kappa shape index (κ2) is 4.92. The van der Waals surface area contributed by atoms with E-state index in [1.54, 1.807) is 13.0 Å². The monoisotopic (exact) mass is 302 g/mol. The predicted molar refractivity (Wildman–Crippen MR) is 76.3 cm³/mol. The summed E-state index contributed by atoms with van der Waals surface area (Å²) in [6.07, 6.45) is -2.48. The molecule has 0 bridgehead atoms. The molecule has 1 heterocycles. The van der Waals surface area contributed by atoms with E-state index in [1.165, 1.54) is 18.2 Å². The Hall–Kier alpha value is -2.73. The van der Waals surface area contributed by atoms with Crippen LogP contribution in [0.4, 0.5) is 0 Å². The van der Waals surface area contributed by atoms with Gasteiger partial charge in [0.1, 0.15) is 28.6 Å². The van der Waals surface area contributed by atoms with Gasteiger partial charge in [0.2, 0.25) is 5.78 Å². The maximum Gasteiger partial charge on any atom is 0.202 e. The van der Waals surface area contributed by atoms with Gasteiger partial charge < -0.3 is 25.2 Å². The van der Waals surface area contributed by atoms with E-state index in [1.807, 2.05) is 0 Å². The predicted octanol–water partition coefficient (Wildman–Crippen LogP) is 1.79. The van der Waals surface area contributed by atoms with E-state index < -0.39 is 23.7 Å². The summed E-state index contributed by atoms with van der Waals surface area (Å²) in [5, 5.41) is 39.0. The molecule has 0 fully saturated rings. The van der Waals surface area contributed by atoms with Crippen molar-refractivity contribution in [3.63, 3.8) is 0 Å². The lowest BCUT2D eigenvalue weighted by Crippen LogP contribution is -2.36. The Kier molecular flexibility index (Phi) is 3.18. The zero-order chi connectivity index (χ0) is 16.0. The van der Waals surface area contributed by atoms with Crippen molar-refractivity contribution < 1.29 is 30.0 Å². The second-order valence-corrected chi connectivity index (χ2v) is 5.23. The highest BCUT2D eigenvalue weighted by Crippen LogP contribution is 2.42. The summed E-state index contributed by atoms with van der Waals surface area (Å²) < 4.78 is 5.58. The van der Waals surface area contributed by atoms with Crippen molar-refractivity contribution >= 4 is 5.78 Å². The fraction of sp³-hybridized carbons (Fsp3) is 0.188. The summed E-state index contributed by atoms with van der Waals surface area (Å²) in [6, 6.07) is 6.80. The van der Waals surface area contributed by atoms with Crippen LogP contribution in [0.3, 0.4) is 0 Å². The number of carbonyl (C=O) groups is 1. The molecule has 2 aromatic rings. The first-order chi connectivity index (χ1) is 10.4. The minimum Gasteiger partial charge on any atom is -0.508 e. The third kappa shape index (κ3) is 2.14. The summed E-state index contributed by atoms with van der Waals surface area (Å²) >= 11 is 0. The van der Waals surface area contributed by atoms with Crippen molar-refractivity contribution in [2.24, 2.45) is 0 Å². The zero-order valence-electron chi connectivity index (χ0n) is 11.6. The van der Waals surface area contributed by atoms with Crippen molar-refractivity contribution in [2.75, 3.05) is 0 Å². The van der Waals surface area contributed by atoms with Gasteiger partial charge in [-0.2, -0.15) is 0 Å². The van der Waals surface area contributed by atoms with Crippen LogP contribution < -0.4 is 4.74 Å². The maximum atomic E-state index is 12.3. The molecule has 1 aliphatic heterocycles. The summed E-state index contributed by atoms with van der Waals surface area (Å²) in [5.41, 5.74) is 0.923. The molecule has 4 N–H and O–H groups in total. The number of aliphatic hydroxyl groups excluding tert-OH is 1. The molecule has 6 nitrogen and oxygen atoms in total. The van der Waals surface area contributed by atoms with Gasteiger partial charge in [0.05, 0.1) is 0 Å². The zero-order valence-corrected chi connectivity index (χ0v) is 11.6. The number of hydrogen-bond donors (Lipinski definition) is 4. The fourth-order valence-electron chi connectivity index (χ4n) is 2.52. The lowest BCUT2D eigenvalue weighted by Gasteiger charge is -2.30. The number of Topliss-reactive ketones (excluding diaryl/α,β-unsaturated/α-hetero) is 1. The van der Waals surface area contributed by atoms with Crippen molar-refractivity contribution in [1.82, 2.24) is 0 Å². The molecule has 0 amide bonds. The van der Waals surface area contributed by atoms with Crippen molar-refractivity contribution in [2.45, 2.75) is 19.1 Å². The van der Waals surface area contributed by atoms with Crippen LogP contribution >= 0.6 is 0 Å². The minimum atomic E-state index is -1.49. The maximum absolute atomic E-state index is 12.3. The first kappa shape index (κ1) is 14.2. The van der Waals surface area contributed by atoms with Crippen LogP contribution in [-0.4, -0.2) is 32.3 Å². The Morgan fingerprint density at radius 2 is 1.77 bits per heavy atom. The molecule has 0 saturated heterocycles. The standard InChI is InChI=1S/C16H14O6/c1-7-4-8(2-3-10(7)18)16-15(21)14(20)13-11(19)5-9(17)6-12(13)22-16/h2-6,15-19,21H,1H3. The van der Waals surface area contributed by atoms with Gasteiger partial charge in [0.25, 0.3) is 0 Å². The van der Waals surface area contributed by atoms with Crippen molar-refractivity contribution in [1.29, 1.82) is 0 Å². The minimum absolute atomic E-state index is 0.00327. The lowest BCUT2D eigenvalue weighted by molar-refractivity contribution is 0.0210. The molecule has 0 saturated carbocycles.